The number of anilines is 1. The van der Waals surface area contributed by atoms with Crippen molar-refractivity contribution in [2.75, 3.05) is 5.32 Å². The van der Waals surface area contributed by atoms with Crippen molar-refractivity contribution >= 4 is 32.5 Å². The smallest absolute Gasteiger partial charge is 0.261 e. The maximum Gasteiger partial charge on any atom is 0.261 e. The fourth-order valence-corrected chi connectivity index (χ4v) is 3.34. The lowest BCUT2D eigenvalue weighted by atomic mass is 10.0. The number of aromatic hydroxyl groups is 1. The Kier molecular flexibility index (Phi) is 3.90. The largest absolute Gasteiger partial charge is 0.507 e. The van der Waals surface area contributed by atoms with Crippen molar-refractivity contribution in [3.63, 3.8) is 0 Å². The Morgan fingerprint density at radius 2 is 1.70 bits per heavy atom. The van der Waals surface area contributed by atoms with Crippen molar-refractivity contribution in [2.45, 2.75) is 11.4 Å². The van der Waals surface area contributed by atoms with Crippen molar-refractivity contribution in [2.24, 2.45) is 7.05 Å². The van der Waals surface area contributed by atoms with Crippen LogP contribution in [0.4, 0.5) is 5.69 Å². The van der Waals surface area contributed by atoms with Crippen molar-refractivity contribution in [3.05, 3.63) is 70.5 Å². The van der Waals surface area contributed by atoms with Gasteiger partial charge in [-0.3, -0.25) is 4.79 Å². The van der Waals surface area contributed by atoms with Crippen LogP contribution in [0.25, 0.3) is 10.9 Å². The molecule has 0 unspecified atom stereocenters. The van der Waals surface area contributed by atoms with Crippen molar-refractivity contribution in [1.82, 2.24) is 4.57 Å². The maximum absolute atomic E-state index is 12.8. The fourth-order valence-electron chi connectivity index (χ4n) is 2.76. The van der Waals surface area contributed by atoms with Crippen LogP contribution in [0.3, 0.4) is 0 Å². The van der Waals surface area contributed by atoms with Crippen LogP contribution >= 0.6 is 15.9 Å². The summed E-state index contributed by atoms with van der Waals surface area (Å²) >= 11 is 3.56. The van der Waals surface area contributed by atoms with Gasteiger partial charge in [0.15, 0.2) is 0 Å². The number of hydrogen-bond acceptors (Lipinski definition) is 3. The minimum atomic E-state index is -0.905. The minimum absolute atomic E-state index is 0.00786. The molecule has 0 radical (unpaired) electrons. The third kappa shape index (κ3) is 2.72. The van der Waals surface area contributed by atoms with Gasteiger partial charge in [-0.25, -0.2) is 0 Å². The molecule has 1 atom stereocenters. The topological polar surface area (TPSA) is 54.3 Å². The van der Waals surface area contributed by atoms with E-state index in [0.29, 0.717) is 10.9 Å². The molecule has 118 valence electrons. The number of rotatable bonds is 3. The number of alkyl halides is 1. The molecule has 0 amide bonds. The predicted octanol–water partition coefficient (Wildman–Crippen LogP) is 3.92. The first-order chi connectivity index (χ1) is 10.9. The molecule has 0 saturated heterocycles. The Hall–Kier alpha value is -2.27. The van der Waals surface area contributed by atoms with Gasteiger partial charge in [0.1, 0.15) is 10.2 Å². The zero-order chi connectivity index (χ0) is 16.6. The number of fused-ring (bicyclic) bond motifs is 1. The summed E-state index contributed by atoms with van der Waals surface area (Å²) < 4.78 is 0.647. The number of nitrogens with one attached hydrogen (secondary N) is 1. The van der Waals surface area contributed by atoms with Crippen LogP contribution in [0.1, 0.15) is 12.5 Å². The second kappa shape index (κ2) is 5.74. The monoisotopic (exact) mass is 372 g/mol. The second-order valence-electron chi connectivity index (χ2n) is 5.60. The van der Waals surface area contributed by atoms with Crippen LogP contribution < -0.4 is 10.9 Å². The first-order valence-electron chi connectivity index (χ1n) is 7.25. The summed E-state index contributed by atoms with van der Waals surface area (Å²) in [4.78, 5) is 12.8. The van der Waals surface area contributed by atoms with Crippen LogP contribution in [-0.4, -0.2) is 9.67 Å². The van der Waals surface area contributed by atoms with E-state index in [1.165, 1.54) is 0 Å². The SMILES string of the molecule is Cn1c(=O)c([C@](C)(Br)Nc2ccccc2)c(O)c2ccccc21. The van der Waals surface area contributed by atoms with Gasteiger partial charge < -0.3 is 15.0 Å². The number of hydrogen-bond donors (Lipinski definition) is 2. The molecule has 0 aliphatic rings. The van der Waals surface area contributed by atoms with Crippen LogP contribution in [0.15, 0.2) is 59.4 Å². The summed E-state index contributed by atoms with van der Waals surface area (Å²) in [6, 6.07) is 16.8. The molecule has 2 N–H and O–H groups in total. The Labute approximate surface area is 142 Å². The Morgan fingerprint density at radius 1 is 1.09 bits per heavy atom. The molecule has 3 aromatic rings. The van der Waals surface area contributed by atoms with E-state index in [-0.39, 0.29) is 16.9 Å². The average molecular weight is 373 g/mol. The number of aromatic nitrogens is 1. The molecule has 0 fully saturated rings. The van der Waals surface area contributed by atoms with E-state index in [9.17, 15) is 9.90 Å². The number of para-hydroxylation sites is 2. The number of nitrogens with zero attached hydrogens (tertiary/aromatic N) is 1. The first-order valence-corrected chi connectivity index (χ1v) is 8.04. The van der Waals surface area contributed by atoms with Gasteiger partial charge in [-0.1, -0.05) is 46.3 Å². The summed E-state index contributed by atoms with van der Waals surface area (Å²) in [5.74, 6) is -0.00786. The Morgan fingerprint density at radius 3 is 2.39 bits per heavy atom. The summed E-state index contributed by atoms with van der Waals surface area (Å²) in [6.07, 6.45) is 0. The number of benzene rings is 2. The minimum Gasteiger partial charge on any atom is -0.507 e. The van der Waals surface area contributed by atoms with Gasteiger partial charge in [0.2, 0.25) is 0 Å². The predicted molar refractivity (Wildman–Crippen MR) is 97.2 cm³/mol. The molecule has 1 heterocycles. The summed E-state index contributed by atoms with van der Waals surface area (Å²) in [7, 11) is 1.71. The summed E-state index contributed by atoms with van der Waals surface area (Å²) in [5, 5.41) is 14.6. The molecular weight excluding hydrogens is 356 g/mol. The van der Waals surface area contributed by atoms with Crippen molar-refractivity contribution in [3.8, 4) is 5.75 Å². The lowest BCUT2D eigenvalue weighted by molar-refractivity contribution is 0.466. The van der Waals surface area contributed by atoms with Crippen LogP contribution in [0.5, 0.6) is 5.75 Å². The average Bonchev–Trinajstić information content (AvgIpc) is 2.53. The zero-order valence-corrected chi connectivity index (χ0v) is 14.5. The molecule has 0 aliphatic heterocycles. The van der Waals surface area contributed by atoms with E-state index < -0.39 is 4.45 Å². The van der Waals surface area contributed by atoms with Gasteiger partial charge in [0.25, 0.3) is 5.56 Å². The van der Waals surface area contributed by atoms with Crippen LogP contribution in [0, 0.1) is 0 Å². The zero-order valence-electron chi connectivity index (χ0n) is 12.9. The Balaban J connectivity index is 2.21. The number of halogens is 1. The molecular formula is C18H17BrN2O2. The second-order valence-corrected chi connectivity index (χ2v) is 7.18. The molecule has 23 heavy (non-hydrogen) atoms. The molecule has 2 aromatic carbocycles. The van der Waals surface area contributed by atoms with E-state index in [1.54, 1.807) is 17.7 Å². The molecule has 4 nitrogen and oxygen atoms in total. The third-order valence-corrected chi connectivity index (χ3v) is 4.49. The van der Waals surface area contributed by atoms with Crippen molar-refractivity contribution < 1.29 is 5.11 Å². The summed E-state index contributed by atoms with van der Waals surface area (Å²) in [6.45, 7) is 1.81. The first kappa shape index (κ1) is 15.6. The Bertz CT molecular complexity index is 917. The van der Waals surface area contributed by atoms with E-state index >= 15 is 0 Å². The molecule has 0 aliphatic carbocycles. The van der Waals surface area contributed by atoms with E-state index in [2.05, 4.69) is 21.2 Å². The molecule has 1 aromatic heterocycles. The van der Waals surface area contributed by atoms with Crippen LogP contribution in [0.2, 0.25) is 0 Å². The third-order valence-electron chi connectivity index (χ3n) is 3.90. The number of pyridine rings is 1. The van der Waals surface area contributed by atoms with E-state index in [0.717, 1.165) is 5.69 Å². The highest BCUT2D eigenvalue weighted by Gasteiger charge is 2.31. The highest BCUT2D eigenvalue weighted by Crippen LogP contribution is 2.38. The lowest BCUT2D eigenvalue weighted by Crippen LogP contribution is -2.34. The van der Waals surface area contributed by atoms with Gasteiger partial charge >= 0.3 is 0 Å². The highest BCUT2D eigenvalue weighted by atomic mass is 79.9. The molecule has 5 heteroatoms. The van der Waals surface area contributed by atoms with E-state index in [4.69, 9.17) is 0 Å². The van der Waals surface area contributed by atoms with Crippen LogP contribution in [-0.2, 0) is 11.5 Å². The lowest BCUT2D eigenvalue weighted by Gasteiger charge is -2.27. The molecule has 0 bridgehead atoms. The molecule has 0 saturated carbocycles. The molecule has 0 spiro atoms. The van der Waals surface area contributed by atoms with Crippen molar-refractivity contribution in [1.29, 1.82) is 0 Å². The normalized spacial score (nSPS) is 13.7. The van der Waals surface area contributed by atoms with E-state index in [1.807, 2.05) is 55.5 Å². The van der Waals surface area contributed by atoms with Gasteiger partial charge in [0.05, 0.1) is 11.1 Å². The fraction of sp³-hybridized carbons (Fsp3) is 0.167. The van der Waals surface area contributed by atoms with Gasteiger partial charge in [0, 0.05) is 18.1 Å². The highest BCUT2D eigenvalue weighted by molar-refractivity contribution is 9.09. The van der Waals surface area contributed by atoms with Gasteiger partial charge in [-0.05, 0) is 31.2 Å². The quantitative estimate of drug-likeness (QED) is 0.541. The van der Waals surface area contributed by atoms with Gasteiger partial charge in [-0.2, -0.15) is 0 Å². The summed E-state index contributed by atoms with van der Waals surface area (Å²) in [5.41, 5.74) is 1.58. The number of aryl methyl sites for hydroxylation is 1. The van der Waals surface area contributed by atoms with Gasteiger partial charge in [-0.15, -0.1) is 0 Å². The standard InChI is InChI=1S/C18H17BrN2O2/c1-18(19,20-12-8-4-3-5-9-12)15-16(22)13-10-6-7-11-14(13)21(2)17(15)23/h3-11,20,22H,1-2H3/t18-/m1/s1. The maximum atomic E-state index is 12.8. The molecule has 3 rings (SSSR count).